The van der Waals surface area contributed by atoms with Gasteiger partial charge >= 0.3 is 12.1 Å². The summed E-state index contributed by atoms with van der Waals surface area (Å²) in [5, 5.41) is 11.5. The largest absolute Gasteiger partial charge is 0.480 e. The Morgan fingerprint density at radius 3 is 2.55 bits per heavy atom. The van der Waals surface area contributed by atoms with Crippen molar-refractivity contribution in [2.45, 2.75) is 38.5 Å². The van der Waals surface area contributed by atoms with Crippen LogP contribution in [0, 0.1) is 0 Å². The maximum Gasteiger partial charge on any atom is 0.416 e. The van der Waals surface area contributed by atoms with Gasteiger partial charge in [0.25, 0.3) is 5.91 Å². The van der Waals surface area contributed by atoms with Gasteiger partial charge in [0.2, 0.25) is 0 Å². The molecule has 11 heteroatoms. The number of carboxylic acid groups (broad SMARTS) is 1. The van der Waals surface area contributed by atoms with Gasteiger partial charge in [-0.2, -0.15) is 13.2 Å². The van der Waals surface area contributed by atoms with Gasteiger partial charge in [-0.1, -0.05) is 18.2 Å². The van der Waals surface area contributed by atoms with Crippen molar-refractivity contribution in [1.82, 2.24) is 10.2 Å². The summed E-state index contributed by atoms with van der Waals surface area (Å²) in [5.41, 5.74) is 4.38. The molecule has 0 saturated heterocycles. The van der Waals surface area contributed by atoms with Crippen molar-refractivity contribution in [1.29, 1.82) is 0 Å². The third-order valence-electron chi connectivity index (χ3n) is 4.36. The molecule has 0 spiro atoms. The Balaban J connectivity index is 2.78. The number of alkyl halides is 3. The molecular weight excluding hydrogens is 441 g/mol. The number of allylic oxidation sites excluding steroid dienone is 2. The fourth-order valence-corrected chi connectivity index (χ4v) is 2.77. The van der Waals surface area contributed by atoms with Crippen molar-refractivity contribution < 1.29 is 32.7 Å². The molecule has 1 atom stereocenters. The number of carbonyl (C=O) groups excluding carboxylic acids is 2. The normalized spacial score (nSPS) is 13.6. The van der Waals surface area contributed by atoms with Crippen LogP contribution in [0.25, 0.3) is 0 Å². The number of nitrogens with one attached hydrogen (secondary N) is 1. The van der Waals surface area contributed by atoms with E-state index in [0.29, 0.717) is 18.8 Å². The second-order valence-corrected chi connectivity index (χ2v) is 7.18. The molecular formula is C22H27F3N4O4. The van der Waals surface area contributed by atoms with Crippen LogP contribution in [0.1, 0.15) is 30.9 Å². The minimum atomic E-state index is -4.49. The number of hydrogen-bond acceptors (Lipinski definition) is 5. The highest BCUT2D eigenvalue weighted by atomic mass is 19.4. The zero-order chi connectivity index (χ0) is 25.0. The topological polar surface area (TPSA) is 125 Å². The van der Waals surface area contributed by atoms with E-state index in [1.54, 1.807) is 6.92 Å². The van der Waals surface area contributed by atoms with Crippen molar-refractivity contribution in [2.24, 2.45) is 10.7 Å². The van der Waals surface area contributed by atoms with Gasteiger partial charge < -0.3 is 21.1 Å². The van der Waals surface area contributed by atoms with Crippen molar-refractivity contribution in [3.05, 3.63) is 59.3 Å². The van der Waals surface area contributed by atoms with Crippen LogP contribution >= 0.6 is 0 Å². The van der Waals surface area contributed by atoms with Crippen LogP contribution < -0.4 is 11.1 Å². The lowest BCUT2D eigenvalue weighted by atomic mass is 10.1. The van der Waals surface area contributed by atoms with Gasteiger partial charge in [-0.25, -0.2) is 4.79 Å². The van der Waals surface area contributed by atoms with Gasteiger partial charge in [0.05, 0.1) is 17.0 Å². The molecule has 1 aromatic rings. The average molecular weight is 468 g/mol. The highest BCUT2D eigenvalue weighted by Crippen LogP contribution is 2.32. The summed E-state index contributed by atoms with van der Waals surface area (Å²) in [5.74, 6) is -1.79. The number of aliphatic imine (C=N–C) groups is 1. The Bertz CT molecular complexity index is 922. The highest BCUT2D eigenvalue weighted by Gasteiger charge is 2.32. The first-order valence-electron chi connectivity index (χ1n) is 9.95. The van der Waals surface area contributed by atoms with Gasteiger partial charge in [-0.3, -0.25) is 14.6 Å². The number of aliphatic carboxylic acids is 1. The molecule has 1 rings (SSSR count). The van der Waals surface area contributed by atoms with Gasteiger partial charge in [0.1, 0.15) is 6.04 Å². The highest BCUT2D eigenvalue weighted by molar-refractivity contribution is 6.11. The van der Waals surface area contributed by atoms with Crippen LogP contribution in [-0.2, 0) is 27.1 Å². The minimum absolute atomic E-state index is 0.0610. The second kappa shape index (κ2) is 13.0. The molecule has 0 heterocycles. The van der Waals surface area contributed by atoms with Gasteiger partial charge in [0, 0.05) is 20.1 Å². The fourth-order valence-electron chi connectivity index (χ4n) is 2.77. The molecule has 0 fully saturated rings. The minimum Gasteiger partial charge on any atom is -0.480 e. The number of hydrogen-bond donors (Lipinski definition) is 3. The number of rotatable bonds is 12. The molecule has 1 aromatic carbocycles. The van der Waals surface area contributed by atoms with Crippen LogP contribution in [0.4, 0.5) is 13.2 Å². The number of carboxylic acids is 1. The molecule has 0 aliphatic heterocycles. The smallest absolute Gasteiger partial charge is 0.416 e. The number of carbonyl (C=O) groups is 3. The van der Waals surface area contributed by atoms with E-state index in [9.17, 15) is 32.7 Å². The van der Waals surface area contributed by atoms with Gasteiger partial charge in [0.15, 0.2) is 6.29 Å². The van der Waals surface area contributed by atoms with E-state index in [0.717, 1.165) is 12.1 Å². The number of halogens is 3. The Labute approximate surface area is 189 Å². The van der Waals surface area contributed by atoms with E-state index >= 15 is 0 Å². The van der Waals surface area contributed by atoms with Crippen molar-refractivity contribution in [2.75, 3.05) is 13.6 Å². The number of nitrogens with two attached hydrogens (primary N) is 1. The van der Waals surface area contributed by atoms with Crippen LogP contribution in [0.2, 0.25) is 0 Å². The molecule has 0 saturated carbocycles. The molecule has 1 unspecified atom stereocenters. The number of nitrogens with zero attached hydrogens (tertiary/aromatic N) is 2. The van der Waals surface area contributed by atoms with Crippen LogP contribution in [0.5, 0.6) is 0 Å². The summed E-state index contributed by atoms with van der Waals surface area (Å²) >= 11 is 0. The lowest BCUT2D eigenvalue weighted by molar-refractivity contribution is -0.141. The van der Waals surface area contributed by atoms with E-state index < -0.39 is 29.7 Å². The first-order chi connectivity index (χ1) is 15.5. The third kappa shape index (κ3) is 10.0. The van der Waals surface area contributed by atoms with E-state index in [1.165, 1.54) is 42.4 Å². The molecule has 33 heavy (non-hydrogen) atoms. The molecule has 4 N–H and O–H groups in total. The molecule has 0 aromatic heterocycles. The lowest BCUT2D eigenvalue weighted by Gasteiger charge is -2.18. The Morgan fingerprint density at radius 1 is 1.30 bits per heavy atom. The average Bonchev–Trinajstić information content (AvgIpc) is 2.72. The summed E-state index contributed by atoms with van der Waals surface area (Å²) in [6.45, 7) is 1.83. The van der Waals surface area contributed by atoms with Crippen LogP contribution in [-0.4, -0.2) is 53.6 Å². The summed E-state index contributed by atoms with van der Waals surface area (Å²) in [7, 11) is 1.53. The molecule has 0 aliphatic rings. The summed E-state index contributed by atoms with van der Waals surface area (Å²) in [6, 6.07) is 3.93. The fraction of sp³-hybridized carbons (Fsp3) is 0.364. The van der Waals surface area contributed by atoms with Crippen molar-refractivity contribution >= 4 is 24.0 Å². The van der Waals surface area contributed by atoms with Crippen LogP contribution in [0.3, 0.4) is 0 Å². The van der Waals surface area contributed by atoms with E-state index in [1.807, 2.05) is 0 Å². The predicted molar refractivity (Wildman–Crippen MR) is 117 cm³/mol. The number of benzene rings is 1. The standard InChI is InChI=1S/C22H27F3N4O4/c1-15(26)27-11-5-10-19(21(32)33)28-20(31)17(14-30)8-6-12-29(2)13-16-7-3-4-9-18(16)22(23,24)25/h3-4,6-9,12,14,19H,5,10-11,13H2,1-2H3,(H2,26,27)(H,28,31)(H,32,33)/b12-6-,17-8+. The number of amides is 1. The monoisotopic (exact) mass is 468 g/mol. The molecule has 1 amide bonds. The molecule has 180 valence electrons. The zero-order valence-corrected chi connectivity index (χ0v) is 18.3. The van der Waals surface area contributed by atoms with Gasteiger partial charge in [-0.15, -0.1) is 0 Å². The summed E-state index contributed by atoms with van der Waals surface area (Å²) in [6.07, 6.45) is 0.0755. The van der Waals surface area contributed by atoms with E-state index in [4.69, 9.17) is 5.73 Å². The molecule has 0 bridgehead atoms. The Kier molecular flexibility index (Phi) is 10.8. The molecule has 8 nitrogen and oxygen atoms in total. The number of amidine groups is 1. The lowest BCUT2D eigenvalue weighted by Crippen LogP contribution is -2.41. The maximum atomic E-state index is 13.1. The van der Waals surface area contributed by atoms with E-state index in [-0.39, 0.29) is 30.4 Å². The van der Waals surface area contributed by atoms with Crippen molar-refractivity contribution in [3.63, 3.8) is 0 Å². The van der Waals surface area contributed by atoms with Gasteiger partial charge in [-0.05, 0) is 49.7 Å². The molecule has 0 aliphatic carbocycles. The van der Waals surface area contributed by atoms with Crippen molar-refractivity contribution in [3.8, 4) is 0 Å². The number of aldehydes is 1. The van der Waals surface area contributed by atoms with Crippen LogP contribution in [0.15, 0.2) is 53.2 Å². The predicted octanol–water partition coefficient (Wildman–Crippen LogP) is 2.50. The summed E-state index contributed by atoms with van der Waals surface area (Å²) in [4.78, 5) is 40.3. The third-order valence-corrected chi connectivity index (χ3v) is 4.36. The summed E-state index contributed by atoms with van der Waals surface area (Å²) < 4.78 is 39.3. The maximum absolute atomic E-state index is 13.1. The first kappa shape index (κ1) is 27.4. The Hall–Kier alpha value is -3.63. The Morgan fingerprint density at radius 2 is 1.97 bits per heavy atom. The molecule has 0 radical (unpaired) electrons. The first-order valence-corrected chi connectivity index (χ1v) is 9.95. The second-order valence-electron chi connectivity index (χ2n) is 7.18. The zero-order valence-electron chi connectivity index (χ0n) is 18.3. The SMILES string of the molecule is CC(N)=NCCCC(NC(=O)/C(C=O)=C/C=C\N(C)Cc1ccccc1C(F)(F)F)C(=O)O. The quantitative estimate of drug-likeness (QED) is 0.0633. The van der Waals surface area contributed by atoms with E-state index in [2.05, 4.69) is 10.3 Å².